The molecule has 1 unspecified atom stereocenters. The molecule has 1 aliphatic rings. The number of nitrogens with zero attached hydrogens (tertiary/aromatic N) is 1. The lowest BCUT2D eigenvalue weighted by Crippen LogP contribution is -2.39. The van der Waals surface area contributed by atoms with Gasteiger partial charge in [-0.3, -0.25) is 4.79 Å². The lowest BCUT2D eigenvalue weighted by atomic mass is 10.0. The van der Waals surface area contributed by atoms with Gasteiger partial charge in [0, 0.05) is 12.8 Å². The van der Waals surface area contributed by atoms with E-state index in [0.29, 0.717) is 12.8 Å². The van der Waals surface area contributed by atoms with E-state index in [-0.39, 0.29) is 19.4 Å². The van der Waals surface area contributed by atoms with Gasteiger partial charge in [0.05, 0.1) is 6.04 Å². The highest BCUT2D eigenvalue weighted by Crippen LogP contribution is 2.24. The Morgan fingerprint density at radius 3 is 2.61 bits per heavy atom. The Hall–Kier alpha value is -2.05. The Balaban J connectivity index is 1.87. The van der Waals surface area contributed by atoms with Gasteiger partial charge in [-0.25, -0.2) is 9.69 Å². The van der Waals surface area contributed by atoms with E-state index in [1.54, 1.807) is 0 Å². The van der Waals surface area contributed by atoms with Crippen molar-refractivity contribution < 1.29 is 27.5 Å². The molecule has 1 aromatic carbocycles. The second-order valence-electron chi connectivity index (χ2n) is 5.49. The van der Waals surface area contributed by atoms with Crippen molar-refractivity contribution >= 4 is 12.0 Å². The third kappa shape index (κ3) is 5.26. The number of rotatable bonds is 6. The molecule has 126 valence electrons. The summed E-state index contributed by atoms with van der Waals surface area (Å²) in [7, 11) is 0. The van der Waals surface area contributed by atoms with Crippen LogP contribution < -0.4 is 0 Å². The van der Waals surface area contributed by atoms with Crippen molar-refractivity contribution in [3.05, 3.63) is 35.9 Å². The maximum Gasteiger partial charge on any atom is 0.416 e. The fourth-order valence-corrected chi connectivity index (χ4v) is 2.52. The van der Waals surface area contributed by atoms with E-state index in [1.165, 1.54) is 0 Å². The van der Waals surface area contributed by atoms with Gasteiger partial charge in [0.15, 0.2) is 0 Å². The minimum absolute atomic E-state index is 0.0939. The topological polar surface area (TPSA) is 46.6 Å². The van der Waals surface area contributed by atoms with Crippen molar-refractivity contribution in [2.45, 2.75) is 44.3 Å². The first kappa shape index (κ1) is 17.3. The van der Waals surface area contributed by atoms with Gasteiger partial charge in [-0.1, -0.05) is 30.3 Å². The molecule has 1 fully saturated rings. The summed E-state index contributed by atoms with van der Waals surface area (Å²) in [6.45, 7) is 0.0939. The molecule has 0 radical (unpaired) electrons. The average Bonchev–Trinajstić information content (AvgIpc) is 2.86. The zero-order chi connectivity index (χ0) is 16.9. The number of imide groups is 1. The van der Waals surface area contributed by atoms with Crippen LogP contribution in [0.15, 0.2) is 30.3 Å². The largest absolute Gasteiger partial charge is 0.447 e. The fraction of sp³-hybridized carbons (Fsp3) is 0.500. The summed E-state index contributed by atoms with van der Waals surface area (Å²) in [4.78, 5) is 24.7. The third-order valence-electron chi connectivity index (χ3n) is 3.69. The molecule has 1 heterocycles. The van der Waals surface area contributed by atoms with Crippen molar-refractivity contribution in [2.24, 2.45) is 0 Å². The van der Waals surface area contributed by atoms with Crippen LogP contribution in [0.5, 0.6) is 0 Å². The summed E-state index contributed by atoms with van der Waals surface area (Å²) in [5.74, 6) is -0.602. The Kier molecular flexibility index (Phi) is 5.63. The number of cyclic esters (lactones) is 1. The SMILES string of the molecule is O=C(CCCC(F)(F)F)N1C(=O)OCC1CCc1ccccc1. The number of hydrogen-bond donors (Lipinski definition) is 0. The molecule has 0 spiro atoms. The van der Waals surface area contributed by atoms with Crippen molar-refractivity contribution in [3.63, 3.8) is 0 Å². The number of aryl methyl sites for hydroxylation is 1. The lowest BCUT2D eigenvalue weighted by Gasteiger charge is -2.19. The Morgan fingerprint density at radius 1 is 1.26 bits per heavy atom. The molecule has 1 aromatic rings. The number of benzene rings is 1. The molecular weight excluding hydrogens is 311 g/mol. The predicted octanol–water partition coefficient (Wildman–Crippen LogP) is 3.70. The Morgan fingerprint density at radius 2 is 1.96 bits per heavy atom. The maximum atomic E-state index is 12.1. The highest BCUT2D eigenvalue weighted by Gasteiger charge is 2.37. The number of ether oxygens (including phenoxy) is 1. The van der Waals surface area contributed by atoms with Crippen molar-refractivity contribution in [2.75, 3.05) is 6.61 Å². The quantitative estimate of drug-likeness (QED) is 0.799. The molecule has 0 bridgehead atoms. The van der Waals surface area contributed by atoms with Crippen LogP contribution in [0.2, 0.25) is 0 Å². The minimum atomic E-state index is -4.29. The van der Waals surface area contributed by atoms with Gasteiger partial charge >= 0.3 is 12.3 Å². The lowest BCUT2D eigenvalue weighted by molar-refractivity contribution is -0.139. The number of hydrogen-bond acceptors (Lipinski definition) is 3. The van der Waals surface area contributed by atoms with Gasteiger partial charge in [-0.15, -0.1) is 0 Å². The van der Waals surface area contributed by atoms with Gasteiger partial charge in [0.1, 0.15) is 6.61 Å². The molecule has 7 heteroatoms. The van der Waals surface area contributed by atoms with Crippen LogP contribution in [0.4, 0.5) is 18.0 Å². The monoisotopic (exact) mass is 329 g/mol. The highest BCUT2D eigenvalue weighted by atomic mass is 19.4. The van der Waals surface area contributed by atoms with Crippen molar-refractivity contribution in [1.82, 2.24) is 4.90 Å². The second-order valence-corrected chi connectivity index (χ2v) is 5.49. The van der Waals surface area contributed by atoms with E-state index in [2.05, 4.69) is 0 Å². The number of halogens is 3. The first-order chi connectivity index (χ1) is 10.9. The van der Waals surface area contributed by atoms with Gasteiger partial charge < -0.3 is 4.74 Å². The summed E-state index contributed by atoms with van der Waals surface area (Å²) in [5, 5.41) is 0. The molecule has 2 amide bonds. The molecule has 1 atom stereocenters. The number of alkyl halides is 3. The standard InChI is InChI=1S/C16H18F3NO3/c17-16(18,19)10-4-7-14(21)20-13(11-23-15(20)22)9-8-12-5-2-1-3-6-12/h1-3,5-6,13H,4,7-11H2. The summed E-state index contributed by atoms with van der Waals surface area (Å²) >= 11 is 0. The first-order valence-electron chi connectivity index (χ1n) is 7.46. The van der Waals surface area contributed by atoms with Crippen LogP contribution >= 0.6 is 0 Å². The summed E-state index contributed by atoms with van der Waals surface area (Å²) in [6.07, 6.45) is -5.53. The van der Waals surface area contributed by atoms with Crippen LogP contribution in [0.1, 0.15) is 31.2 Å². The van der Waals surface area contributed by atoms with E-state index in [0.717, 1.165) is 10.5 Å². The minimum Gasteiger partial charge on any atom is -0.447 e. The van der Waals surface area contributed by atoms with Crippen LogP contribution in [0.25, 0.3) is 0 Å². The van der Waals surface area contributed by atoms with Crippen molar-refractivity contribution in [1.29, 1.82) is 0 Å². The Labute approximate surface area is 132 Å². The zero-order valence-electron chi connectivity index (χ0n) is 12.5. The Bertz CT molecular complexity index is 545. The van der Waals surface area contributed by atoms with E-state index >= 15 is 0 Å². The molecular formula is C16H18F3NO3. The molecule has 23 heavy (non-hydrogen) atoms. The third-order valence-corrected chi connectivity index (χ3v) is 3.69. The number of carbonyl (C=O) groups excluding carboxylic acids is 2. The predicted molar refractivity (Wildman–Crippen MR) is 76.7 cm³/mol. The van der Waals surface area contributed by atoms with E-state index < -0.39 is 30.6 Å². The van der Waals surface area contributed by atoms with Gasteiger partial charge in [-0.05, 0) is 24.8 Å². The fourth-order valence-electron chi connectivity index (χ4n) is 2.52. The molecule has 0 saturated carbocycles. The molecule has 1 saturated heterocycles. The van der Waals surface area contributed by atoms with E-state index in [4.69, 9.17) is 4.74 Å². The van der Waals surface area contributed by atoms with Gasteiger partial charge in [0.2, 0.25) is 5.91 Å². The average molecular weight is 329 g/mol. The summed E-state index contributed by atoms with van der Waals surface area (Å²) in [6, 6.07) is 9.14. The normalized spacial score (nSPS) is 18.1. The number of amides is 2. The van der Waals surface area contributed by atoms with Crippen molar-refractivity contribution in [3.8, 4) is 0 Å². The van der Waals surface area contributed by atoms with Gasteiger partial charge in [0.25, 0.3) is 0 Å². The number of carbonyl (C=O) groups is 2. The molecule has 0 aliphatic carbocycles. The first-order valence-corrected chi connectivity index (χ1v) is 7.46. The van der Waals surface area contributed by atoms with E-state index in [1.807, 2.05) is 30.3 Å². The molecule has 4 nitrogen and oxygen atoms in total. The zero-order valence-corrected chi connectivity index (χ0v) is 12.5. The molecule has 0 aromatic heterocycles. The summed E-state index contributed by atoms with van der Waals surface area (Å²) < 4.78 is 41.3. The van der Waals surface area contributed by atoms with Gasteiger partial charge in [-0.2, -0.15) is 13.2 Å². The molecule has 2 rings (SSSR count). The van der Waals surface area contributed by atoms with Crippen LogP contribution in [-0.2, 0) is 16.0 Å². The maximum absolute atomic E-state index is 12.1. The van der Waals surface area contributed by atoms with Crippen LogP contribution in [0.3, 0.4) is 0 Å². The smallest absolute Gasteiger partial charge is 0.416 e. The van der Waals surface area contributed by atoms with Crippen LogP contribution in [0, 0.1) is 0 Å². The molecule has 0 N–H and O–H groups in total. The van der Waals surface area contributed by atoms with E-state index in [9.17, 15) is 22.8 Å². The second kappa shape index (κ2) is 7.48. The summed E-state index contributed by atoms with van der Waals surface area (Å²) in [5.41, 5.74) is 1.07. The van der Waals surface area contributed by atoms with Crippen LogP contribution in [-0.4, -0.2) is 35.7 Å². The highest BCUT2D eigenvalue weighted by molar-refractivity contribution is 5.93. The molecule has 1 aliphatic heterocycles.